The summed E-state index contributed by atoms with van der Waals surface area (Å²) in [6.07, 6.45) is 6.57. The first-order valence-electron chi connectivity index (χ1n) is 7.97. The van der Waals surface area contributed by atoms with Crippen LogP contribution in [0.1, 0.15) is 29.4 Å². The predicted octanol–water partition coefficient (Wildman–Crippen LogP) is 2.34. The van der Waals surface area contributed by atoms with Crippen LogP contribution in [0.25, 0.3) is 0 Å². The Hall–Kier alpha value is -2.27. The Balaban J connectivity index is 1.61. The number of carbonyl (C=O) groups excluding carboxylic acids is 1. The number of carbonyl (C=O) groups is 1. The first-order chi connectivity index (χ1) is 11.2. The SMILES string of the molecule is CC1CN(C(=O)c2cnccn2)CC(CCc2ccccc2)O1. The molecule has 1 aromatic carbocycles. The van der Waals surface area contributed by atoms with E-state index in [1.165, 1.54) is 11.8 Å². The third-order valence-electron chi connectivity index (χ3n) is 3.99. The van der Waals surface area contributed by atoms with Crippen LogP contribution in [0, 0.1) is 0 Å². The van der Waals surface area contributed by atoms with Gasteiger partial charge < -0.3 is 9.64 Å². The van der Waals surface area contributed by atoms with Crippen LogP contribution in [-0.4, -0.2) is 46.1 Å². The summed E-state index contributed by atoms with van der Waals surface area (Å²) in [6, 6.07) is 10.3. The van der Waals surface area contributed by atoms with Gasteiger partial charge in [0.05, 0.1) is 18.4 Å². The van der Waals surface area contributed by atoms with Crippen LogP contribution < -0.4 is 0 Å². The highest BCUT2D eigenvalue weighted by Gasteiger charge is 2.29. The maximum absolute atomic E-state index is 12.5. The largest absolute Gasteiger partial charge is 0.372 e. The Labute approximate surface area is 136 Å². The fraction of sp³-hybridized carbons (Fsp3) is 0.389. The Kier molecular flexibility index (Phi) is 4.98. The van der Waals surface area contributed by atoms with Crippen molar-refractivity contribution in [3.05, 3.63) is 60.2 Å². The van der Waals surface area contributed by atoms with Crippen molar-refractivity contribution in [3.8, 4) is 0 Å². The van der Waals surface area contributed by atoms with Crippen molar-refractivity contribution < 1.29 is 9.53 Å². The van der Waals surface area contributed by atoms with Gasteiger partial charge in [0.15, 0.2) is 0 Å². The quantitative estimate of drug-likeness (QED) is 0.869. The molecular weight excluding hydrogens is 290 g/mol. The van der Waals surface area contributed by atoms with Crippen molar-refractivity contribution in [1.29, 1.82) is 0 Å². The van der Waals surface area contributed by atoms with Gasteiger partial charge in [-0.05, 0) is 25.3 Å². The van der Waals surface area contributed by atoms with E-state index in [1.54, 1.807) is 12.4 Å². The molecule has 3 rings (SSSR count). The molecule has 2 unspecified atom stereocenters. The molecule has 1 saturated heterocycles. The molecule has 1 aromatic heterocycles. The fourth-order valence-electron chi connectivity index (χ4n) is 2.91. The molecule has 5 nitrogen and oxygen atoms in total. The van der Waals surface area contributed by atoms with E-state index in [4.69, 9.17) is 4.74 Å². The zero-order chi connectivity index (χ0) is 16.1. The summed E-state index contributed by atoms with van der Waals surface area (Å²) < 4.78 is 5.99. The third kappa shape index (κ3) is 4.13. The van der Waals surface area contributed by atoms with Crippen molar-refractivity contribution in [2.75, 3.05) is 13.1 Å². The molecule has 23 heavy (non-hydrogen) atoms. The number of rotatable bonds is 4. The third-order valence-corrected chi connectivity index (χ3v) is 3.99. The molecule has 2 heterocycles. The Morgan fingerprint density at radius 1 is 1.26 bits per heavy atom. The second kappa shape index (κ2) is 7.33. The van der Waals surface area contributed by atoms with E-state index in [2.05, 4.69) is 22.1 Å². The van der Waals surface area contributed by atoms with Crippen molar-refractivity contribution in [2.45, 2.75) is 32.0 Å². The molecule has 1 amide bonds. The van der Waals surface area contributed by atoms with Gasteiger partial charge in [0.1, 0.15) is 5.69 Å². The molecule has 1 fully saturated rings. The van der Waals surface area contributed by atoms with Gasteiger partial charge in [0.2, 0.25) is 0 Å². The summed E-state index contributed by atoms with van der Waals surface area (Å²) >= 11 is 0. The topological polar surface area (TPSA) is 55.3 Å². The Morgan fingerprint density at radius 2 is 2.09 bits per heavy atom. The second-order valence-corrected chi connectivity index (χ2v) is 5.89. The molecule has 0 N–H and O–H groups in total. The molecular formula is C18H21N3O2. The summed E-state index contributed by atoms with van der Waals surface area (Å²) in [5, 5.41) is 0. The summed E-state index contributed by atoms with van der Waals surface area (Å²) in [7, 11) is 0. The lowest BCUT2D eigenvalue weighted by Crippen LogP contribution is -2.49. The van der Waals surface area contributed by atoms with Crippen LogP contribution in [0.5, 0.6) is 0 Å². The number of amides is 1. The van der Waals surface area contributed by atoms with Crippen molar-refractivity contribution in [2.24, 2.45) is 0 Å². The highest BCUT2D eigenvalue weighted by atomic mass is 16.5. The number of nitrogens with zero attached hydrogens (tertiary/aromatic N) is 3. The van der Waals surface area contributed by atoms with E-state index in [-0.39, 0.29) is 18.1 Å². The summed E-state index contributed by atoms with van der Waals surface area (Å²) in [6.45, 7) is 3.20. The van der Waals surface area contributed by atoms with E-state index >= 15 is 0 Å². The normalized spacial score (nSPS) is 21.2. The first kappa shape index (κ1) is 15.6. The van der Waals surface area contributed by atoms with Crippen LogP contribution in [-0.2, 0) is 11.2 Å². The van der Waals surface area contributed by atoms with E-state index in [0.29, 0.717) is 18.8 Å². The van der Waals surface area contributed by atoms with Crippen molar-refractivity contribution in [1.82, 2.24) is 14.9 Å². The lowest BCUT2D eigenvalue weighted by atomic mass is 10.0. The fourth-order valence-corrected chi connectivity index (χ4v) is 2.91. The minimum atomic E-state index is -0.0713. The predicted molar refractivity (Wildman–Crippen MR) is 87.0 cm³/mol. The van der Waals surface area contributed by atoms with Gasteiger partial charge in [-0.25, -0.2) is 4.98 Å². The Bertz CT molecular complexity index is 633. The molecule has 120 valence electrons. The van der Waals surface area contributed by atoms with Gasteiger partial charge in [0, 0.05) is 25.5 Å². The van der Waals surface area contributed by atoms with Gasteiger partial charge in [0.25, 0.3) is 5.91 Å². The summed E-state index contributed by atoms with van der Waals surface area (Å²) in [4.78, 5) is 22.4. The van der Waals surface area contributed by atoms with Crippen LogP contribution in [0.4, 0.5) is 0 Å². The van der Waals surface area contributed by atoms with Crippen LogP contribution in [0.3, 0.4) is 0 Å². The zero-order valence-electron chi connectivity index (χ0n) is 13.3. The minimum Gasteiger partial charge on any atom is -0.372 e. The number of aryl methyl sites for hydroxylation is 1. The number of ether oxygens (including phenoxy) is 1. The van der Waals surface area contributed by atoms with Gasteiger partial charge in [-0.3, -0.25) is 9.78 Å². The van der Waals surface area contributed by atoms with E-state index in [0.717, 1.165) is 12.8 Å². The standard InChI is InChI=1S/C18H21N3O2/c1-14-12-21(18(22)17-11-19-9-10-20-17)13-16(23-14)8-7-15-5-3-2-4-6-15/h2-6,9-11,14,16H,7-8,12-13H2,1H3. The van der Waals surface area contributed by atoms with Crippen LogP contribution in [0.2, 0.25) is 0 Å². The average Bonchev–Trinajstić information content (AvgIpc) is 2.60. The molecule has 0 aliphatic carbocycles. The molecule has 1 aliphatic heterocycles. The van der Waals surface area contributed by atoms with Crippen molar-refractivity contribution in [3.63, 3.8) is 0 Å². The van der Waals surface area contributed by atoms with Crippen LogP contribution in [0.15, 0.2) is 48.9 Å². The zero-order valence-corrected chi connectivity index (χ0v) is 13.3. The highest BCUT2D eigenvalue weighted by molar-refractivity contribution is 5.92. The van der Waals surface area contributed by atoms with Gasteiger partial charge in [-0.1, -0.05) is 30.3 Å². The summed E-state index contributed by atoms with van der Waals surface area (Å²) in [5.74, 6) is -0.0713. The molecule has 0 spiro atoms. The molecule has 1 aliphatic rings. The van der Waals surface area contributed by atoms with Gasteiger partial charge in [-0.15, -0.1) is 0 Å². The minimum absolute atomic E-state index is 0.0325. The number of benzene rings is 1. The maximum Gasteiger partial charge on any atom is 0.274 e. The molecule has 5 heteroatoms. The van der Waals surface area contributed by atoms with Crippen LogP contribution >= 0.6 is 0 Å². The second-order valence-electron chi connectivity index (χ2n) is 5.89. The maximum atomic E-state index is 12.5. The monoisotopic (exact) mass is 311 g/mol. The lowest BCUT2D eigenvalue weighted by molar-refractivity contribution is -0.0699. The highest BCUT2D eigenvalue weighted by Crippen LogP contribution is 2.17. The smallest absolute Gasteiger partial charge is 0.274 e. The average molecular weight is 311 g/mol. The number of aromatic nitrogens is 2. The number of hydrogen-bond acceptors (Lipinski definition) is 4. The molecule has 0 radical (unpaired) electrons. The number of morpholine rings is 1. The van der Waals surface area contributed by atoms with Crippen molar-refractivity contribution >= 4 is 5.91 Å². The summed E-state index contributed by atoms with van der Waals surface area (Å²) in [5.41, 5.74) is 1.68. The lowest BCUT2D eigenvalue weighted by Gasteiger charge is -2.36. The van der Waals surface area contributed by atoms with E-state index in [1.807, 2.05) is 30.0 Å². The molecule has 2 aromatic rings. The molecule has 0 bridgehead atoms. The molecule has 2 atom stereocenters. The van der Waals surface area contributed by atoms with Gasteiger partial charge >= 0.3 is 0 Å². The Morgan fingerprint density at radius 3 is 2.83 bits per heavy atom. The molecule has 0 saturated carbocycles. The van der Waals surface area contributed by atoms with E-state index in [9.17, 15) is 4.79 Å². The first-order valence-corrected chi connectivity index (χ1v) is 7.97. The van der Waals surface area contributed by atoms with E-state index < -0.39 is 0 Å². The van der Waals surface area contributed by atoms with Gasteiger partial charge in [-0.2, -0.15) is 0 Å². The number of hydrogen-bond donors (Lipinski definition) is 0.